The molecular formula is C25H31N5O2. The van der Waals surface area contributed by atoms with Gasteiger partial charge in [-0.2, -0.15) is 0 Å². The molecule has 2 heterocycles. The molecule has 4 rings (SSSR count). The third-order valence-electron chi connectivity index (χ3n) is 6.08. The van der Waals surface area contributed by atoms with E-state index >= 15 is 0 Å². The standard InChI is InChI=1S/C25H31N5O2/c1-5-29-21-10-7-6-9-19(21)27-23(29)22-11-8-14-30(22)25(32)28-20-15-18(13-12-17(20)4)26-24(31)16(2)3/h6-7,9-10,12-13,15-16,22H,5,8,11,14H2,1-4H3,(H,26,31)(H,28,32). The van der Waals surface area contributed by atoms with Crippen LogP contribution in [0.15, 0.2) is 42.5 Å². The number of nitrogens with one attached hydrogen (secondary N) is 2. The number of carbonyl (C=O) groups excluding carboxylic acids is 2. The molecule has 32 heavy (non-hydrogen) atoms. The van der Waals surface area contributed by atoms with Crippen LogP contribution in [0.25, 0.3) is 11.0 Å². The molecule has 0 spiro atoms. The maximum Gasteiger partial charge on any atom is 0.322 e. The van der Waals surface area contributed by atoms with E-state index in [0.29, 0.717) is 17.9 Å². The summed E-state index contributed by atoms with van der Waals surface area (Å²) in [5.41, 5.74) is 4.38. The van der Waals surface area contributed by atoms with E-state index in [1.165, 1.54) is 0 Å². The zero-order valence-corrected chi connectivity index (χ0v) is 19.2. The molecule has 1 fully saturated rings. The number of imidazole rings is 1. The molecule has 1 aliphatic heterocycles. The molecule has 7 nitrogen and oxygen atoms in total. The van der Waals surface area contributed by atoms with Gasteiger partial charge < -0.3 is 20.1 Å². The van der Waals surface area contributed by atoms with Crippen molar-refractivity contribution in [2.75, 3.05) is 17.2 Å². The Balaban J connectivity index is 1.57. The predicted molar refractivity (Wildman–Crippen MR) is 128 cm³/mol. The Morgan fingerprint density at radius 3 is 2.69 bits per heavy atom. The highest BCUT2D eigenvalue weighted by atomic mass is 16.2. The van der Waals surface area contributed by atoms with Crippen molar-refractivity contribution in [3.8, 4) is 0 Å². The number of aromatic nitrogens is 2. The fourth-order valence-electron chi connectivity index (χ4n) is 4.27. The average Bonchev–Trinajstić information content (AvgIpc) is 3.40. The number of fused-ring (bicyclic) bond motifs is 1. The lowest BCUT2D eigenvalue weighted by Gasteiger charge is -2.25. The van der Waals surface area contributed by atoms with Crippen LogP contribution in [0.3, 0.4) is 0 Å². The van der Waals surface area contributed by atoms with Gasteiger partial charge in [0.25, 0.3) is 0 Å². The molecule has 3 amide bonds. The largest absolute Gasteiger partial charge is 0.327 e. The number of urea groups is 1. The Hall–Kier alpha value is -3.35. The number of hydrogen-bond acceptors (Lipinski definition) is 3. The molecule has 0 aliphatic carbocycles. The summed E-state index contributed by atoms with van der Waals surface area (Å²) in [7, 11) is 0. The normalized spacial score (nSPS) is 16.0. The summed E-state index contributed by atoms with van der Waals surface area (Å²) in [6.45, 7) is 9.25. The number of nitrogens with zero attached hydrogens (tertiary/aromatic N) is 3. The molecule has 7 heteroatoms. The maximum atomic E-state index is 13.3. The van der Waals surface area contributed by atoms with Crippen LogP contribution in [0.2, 0.25) is 0 Å². The highest BCUT2D eigenvalue weighted by Gasteiger charge is 2.33. The molecule has 1 saturated heterocycles. The maximum absolute atomic E-state index is 13.3. The topological polar surface area (TPSA) is 79.3 Å². The summed E-state index contributed by atoms with van der Waals surface area (Å²) in [6, 6.07) is 13.5. The van der Waals surface area contributed by atoms with Gasteiger partial charge in [-0.05, 0) is 56.5 Å². The molecular weight excluding hydrogens is 402 g/mol. The van der Waals surface area contributed by atoms with Crippen LogP contribution in [0.1, 0.15) is 51.0 Å². The summed E-state index contributed by atoms with van der Waals surface area (Å²) in [5, 5.41) is 5.96. The average molecular weight is 434 g/mol. The fourth-order valence-corrected chi connectivity index (χ4v) is 4.27. The van der Waals surface area contributed by atoms with Gasteiger partial charge in [-0.15, -0.1) is 0 Å². The molecule has 0 saturated carbocycles. The summed E-state index contributed by atoms with van der Waals surface area (Å²) < 4.78 is 2.21. The highest BCUT2D eigenvalue weighted by molar-refractivity contribution is 5.95. The van der Waals surface area contributed by atoms with E-state index in [0.717, 1.165) is 41.8 Å². The number of anilines is 2. The first-order chi connectivity index (χ1) is 15.4. The lowest BCUT2D eigenvalue weighted by molar-refractivity contribution is -0.118. The summed E-state index contributed by atoms with van der Waals surface area (Å²) in [6.07, 6.45) is 1.83. The van der Waals surface area contributed by atoms with Gasteiger partial charge in [0.15, 0.2) is 0 Å². The molecule has 1 aliphatic rings. The van der Waals surface area contributed by atoms with E-state index in [4.69, 9.17) is 4.98 Å². The first kappa shape index (κ1) is 21.9. The van der Waals surface area contributed by atoms with E-state index in [2.05, 4.69) is 28.2 Å². The van der Waals surface area contributed by atoms with Crippen molar-refractivity contribution < 1.29 is 9.59 Å². The Morgan fingerprint density at radius 2 is 1.94 bits per heavy atom. The molecule has 1 atom stereocenters. The second kappa shape index (κ2) is 9.02. The zero-order chi connectivity index (χ0) is 22.8. The van der Waals surface area contributed by atoms with Crippen LogP contribution in [0, 0.1) is 12.8 Å². The van der Waals surface area contributed by atoms with Gasteiger partial charge in [-0.25, -0.2) is 9.78 Å². The monoisotopic (exact) mass is 433 g/mol. The molecule has 2 N–H and O–H groups in total. The van der Waals surface area contributed by atoms with Crippen molar-refractivity contribution in [2.24, 2.45) is 5.92 Å². The SMILES string of the molecule is CCn1c(C2CCCN2C(=O)Nc2cc(NC(=O)C(C)C)ccc2C)nc2ccccc21. The van der Waals surface area contributed by atoms with Crippen LogP contribution in [-0.2, 0) is 11.3 Å². The molecule has 0 radical (unpaired) electrons. The van der Waals surface area contributed by atoms with Crippen LogP contribution in [0.5, 0.6) is 0 Å². The first-order valence-electron chi connectivity index (χ1n) is 11.3. The molecule has 168 valence electrons. The number of aryl methyl sites for hydroxylation is 2. The summed E-state index contributed by atoms with van der Waals surface area (Å²) in [4.78, 5) is 32.1. The number of likely N-dealkylation sites (tertiary alicyclic amines) is 1. The third-order valence-corrected chi connectivity index (χ3v) is 6.08. The lowest BCUT2D eigenvalue weighted by Crippen LogP contribution is -2.35. The minimum Gasteiger partial charge on any atom is -0.327 e. The number of para-hydroxylation sites is 2. The molecule has 1 unspecified atom stereocenters. The van der Waals surface area contributed by atoms with Crippen LogP contribution < -0.4 is 10.6 Å². The van der Waals surface area contributed by atoms with E-state index in [9.17, 15) is 9.59 Å². The molecule has 3 aromatic rings. The van der Waals surface area contributed by atoms with Crippen molar-refractivity contribution >= 4 is 34.3 Å². The predicted octanol–water partition coefficient (Wildman–Crippen LogP) is 5.33. The number of carbonyl (C=O) groups is 2. The van der Waals surface area contributed by atoms with E-state index in [1.54, 1.807) is 0 Å². The van der Waals surface area contributed by atoms with Crippen molar-refractivity contribution in [3.63, 3.8) is 0 Å². The van der Waals surface area contributed by atoms with Crippen molar-refractivity contribution in [2.45, 2.75) is 53.1 Å². The third kappa shape index (κ3) is 4.20. The van der Waals surface area contributed by atoms with Gasteiger partial charge in [0.05, 0.1) is 17.1 Å². The molecule has 2 aromatic carbocycles. The van der Waals surface area contributed by atoms with E-state index < -0.39 is 0 Å². The fraction of sp³-hybridized carbons (Fsp3) is 0.400. The van der Waals surface area contributed by atoms with Crippen LogP contribution in [0.4, 0.5) is 16.2 Å². The summed E-state index contributed by atoms with van der Waals surface area (Å²) >= 11 is 0. The van der Waals surface area contributed by atoms with E-state index in [1.807, 2.05) is 62.1 Å². The number of rotatable bonds is 5. The van der Waals surface area contributed by atoms with Gasteiger partial charge in [0, 0.05) is 30.4 Å². The van der Waals surface area contributed by atoms with Crippen LogP contribution in [-0.4, -0.2) is 32.9 Å². The molecule has 1 aromatic heterocycles. The first-order valence-corrected chi connectivity index (χ1v) is 11.3. The highest BCUT2D eigenvalue weighted by Crippen LogP contribution is 2.34. The van der Waals surface area contributed by atoms with Crippen molar-refractivity contribution in [1.29, 1.82) is 0 Å². The van der Waals surface area contributed by atoms with Gasteiger partial charge >= 0.3 is 6.03 Å². The Kier molecular flexibility index (Phi) is 6.17. The minimum atomic E-state index is -0.141. The Labute approximate surface area is 188 Å². The zero-order valence-electron chi connectivity index (χ0n) is 19.2. The second-order valence-corrected chi connectivity index (χ2v) is 8.66. The lowest BCUT2D eigenvalue weighted by atomic mass is 10.1. The van der Waals surface area contributed by atoms with Gasteiger partial charge in [-0.1, -0.05) is 32.0 Å². The van der Waals surface area contributed by atoms with Crippen molar-refractivity contribution in [3.05, 3.63) is 53.9 Å². The number of benzene rings is 2. The van der Waals surface area contributed by atoms with Gasteiger partial charge in [0.1, 0.15) is 5.82 Å². The summed E-state index contributed by atoms with van der Waals surface area (Å²) in [5.74, 6) is 0.776. The quantitative estimate of drug-likeness (QED) is 0.571. The smallest absolute Gasteiger partial charge is 0.322 e. The second-order valence-electron chi connectivity index (χ2n) is 8.66. The Bertz CT molecular complexity index is 1150. The van der Waals surface area contributed by atoms with Crippen LogP contribution >= 0.6 is 0 Å². The minimum absolute atomic E-state index is 0.0517. The molecule has 0 bridgehead atoms. The number of amides is 3. The van der Waals surface area contributed by atoms with E-state index in [-0.39, 0.29) is 23.9 Å². The number of hydrogen-bond donors (Lipinski definition) is 2. The van der Waals surface area contributed by atoms with Gasteiger partial charge in [0.2, 0.25) is 5.91 Å². The Morgan fingerprint density at radius 1 is 1.16 bits per heavy atom. The van der Waals surface area contributed by atoms with Gasteiger partial charge in [-0.3, -0.25) is 4.79 Å². The van der Waals surface area contributed by atoms with Crippen molar-refractivity contribution in [1.82, 2.24) is 14.5 Å².